The summed E-state index contributed by atoms with van der Waals surface area (Å²) >= 11 is 3.22. The molecule has 2 nitrogen and oxygen atoms in total. The van der Waals surface area contributed by atoms with Gasteiger partial charge in [0.2, 0.25) is 0 Å². The molecule has 1 rings (SSSR count). The molecule has 0 fully saturated rings. The van der Waals surface area contributed by atoms with E-state index in [1.807, 2.05) is 0 Å². The molecule has 0 saturated heterocycles. The van der Waals surface area contributed by atoms with Crippen LogP contribution in [0.4, 0.5) is 18.9 Å². The van der Waals surface area contributed by atoms with Crippen LogP contribution in [-0.4, -0.2) is 25.0 Å². The van der Waals surface area contributed by atoms with Crippen molar-refractivity contribution in [3.05, 3.63) is 28.2 Å². The number of Topliss-reactive ketones (excluding diaryl/α,β-unsaturated/α-hetero) is 1. The highest BCUT2D eigenvalue weighted by molar-refractivity contribution is 9.10. The lowest BCUT2D eigenvalue weighted by atomic mass is 10.1. The van der Waals surface area contributed by atoms with Gasteiger partial charge < -0.3 is 4.90 Å². The fraction of sp³-hybridized carbons (Fsp3) is 0.462. The number of alkyl halides is 3. The van der Waals surface area contributed by atoms with E-state index in [1.165, 1.54) is 11.8 Å². The van der Waals surface area contributed by atoms with Crippen LogP contribution < -0.4 is 4.90 Å². The van der Waals surface area contributed by atoms with Crippen molar-refractivity contribution >= 4 is 27.4 Å². The molecule has 0 unspecified atom stereocenters. The maximum Gasteiger partial charge on any atom is 0.405 e. The van der Waals surface area contributed by atoms with E-state index in [9.17, 15) is 18.0 Å². The van der Waals surface area contributed by atoms with Crippen LogP contribution >= 0.6 is 15.9 Å². The molecule has 0 radical (unpaired) electrons. The van der Waals surface area contributed by atoms with Crippen molar-refractivity contribution in [1.29, 1.82) is 0 Å². The van der Waals surface area contributed by atoms with Crippen LogP contribution in [0.5, 0.6) is 0 Å². The number of halogens is 4. The lowest BCUT2D eigenvalue weighted by Crippen LogP contribution is -2.35. The highest BCUT2D eigenvalue weighted by Gasteiger charge is 2.31. The summed E-state index contributed by atoms with van der Waals surface area (Å²) in [6, 6.07) is 4.74. The van der Waals surface area contributed by atoms with Gasteiger partial charge in [-0.1, -0.05) is 22.9 Å². The van der Waals surface area contributed by atoms with Crippen LogP contribution in [0.3, 0.4) is 0 Å². The van der Waals surface area contributed by atoms with Crippen molar-refractivity contribution in [3.63, 3.8) is 0 Å². The minimum atomic E-state index is -4.30. The third kappa shape index (κ3) is 4.86. The van der Waals surface area contributed by atoms with Crippen LogP contribution in [0.15, 0.2) is 22.7 Å². The van der Waals surface area contributed by atoms with Gasteiger partial charge in [-0.05, 0) is 31.5 Å². The monoisotopic (exact) mass is 337 g/mol. The smallest absolute Gasteiger partial charge is 0.362 e. The van der Waals surface area contributed by atoms with E-state index in [2.05, 4.69) is 15.9 Å². The highest BCUT2D eigenvalue weighted by Crippen LogP contribution is 2.28. The lowest BCUT2D eigenvalue weighted by molar-refractivity contribution is -0.119. The van der Waals surface area contributed by atoms with Crippen molar-refractivity contribution in [3.8, 4) is 0 Å². The molecule has 1 aromatic carbocycles. The topological polar surface area (TPSA) is 20.3 Å². The molecule has 6 heteroatoms. The SMILES string of the molecule is CCCN(CC(F)(F)F)c1ccc(Br)cc1C(C)=O. The van der Waals surface area contributed by atoms with Crippen molar-refractivity contribution in [2.24, 2.45) is 0 Å². The Morgan fingerprint density at radius 2 is 2.00 bits per heavy atom. The number of carbonyl (C=O) groups is 1. The number of anilines is 1. The predicted molar refractivity (Wildman–Crippen MR) is 72.7 cm³/mol. The van der Waals surface area contributed by atoms with Crippen LogP contribution in [0.25, 0.3) is 0 Å². The summed E-state index contributed by atoms with van der Waals surface area (Å²) < 4.78 is 38.4. The van der Waals surface area contributed by atoms with Gasteiger partial charge in [-0.2, -0.15) is 13.2 Å². The zero-order valence-corrected chi connectivity index (χ0v) is 12.3. The molecule has 0 heterocycles. The Labute approximate surface area is 118 Å². The summed E-state index contributed by atoms with van der Waals surface area (Å²) in [5.74, 6) is -0.250. The van der Waals surface area contributed by atoms with Gasteiger partial charge in [-0.15, -0.1) is 0 Å². The number of carbonyl (C=O) groups excluding carboxylic acids is 1. The molecule has 19 heavy (non-hydrogen) atoms. The Kier molecular flexibility index (Phi) is 5.40. The first-order valence-corrected chi connectivity index (χ1v) is 6.66. The third-order valence-corrected chi connectivity index (χ3v) is 3.04. The molecule has 1 aromatic rings. The number of nitrogens with zero attached hydrogens (tertiary/aromatic N) is 1. The zero-order chi connectivity index (χ0) is 14.6. The third-order valence-electron chi connectivity index (χ3n) is 2.54. The van der Waals surface area contributed by atoms with Crippen molar-refractivity contribution in [2.45, 2.75) is 26.4 Å². The summed E-state index contributed by atoms with van der Waals surface area (Å²) in [5, 5.41) is 0. The molecule has 0 aromatic heterocycles. The van der Waals surface area contributed by atoms with E-state index in [0.29, 0.717) is 22.1 Å². The van der Waals surface area contributed by atoms with E-state index >= 15 is 0 Å². The van der Waals surface area contributed by atoms with Crippen LogP contribution in [0.2, 0.25) is 0 Å². The van der Waals surface area contributed by atoms with E-state index in [-0.39, 0.29) is 12.3 Å². The molecule has 0 N–H and O–H groups in total. The maximum atomic E-state index is 12.6. The molecule has 0 saturated carbocycles. The fourth-order valence-corrected chi connectivity index (χ4v) is 2.20. The standard InChI is InChI=1S/C13H15BrF3NO/c1-3-6-18(8-13(15,16)17)12-5-4-10(14)7-11(12)9(2)19/h4-5,7H,3,6,8H2,1-2H3. The Morgan fingerprint density at radius 3 is 2.47 bits per heavy atom. The van der Waals surface area contributed by atoms with Gasteiger partial charge >= 0.3 is 6.18 Å². The number of hydrogen-bond donors (Lipinski definition) is 0. The second kappa shape index (κ2) is 6.41. The average Bonchev–Trinajstić information content (AvgIpc) is 2.26. The number of rotatable bonds is 5. The molecule has 106 valence electrons. The highest BCUT2D eigenvalue weighted by atomic mass is 79.9. The van der Waals surface area contributed by atoms with Gasteiger partial charge in [-0.25, -0.2) is 0 Å². The molecule has 0 amide bonds. The van der Waals surface area contributed by atoms with Crippen LogP contribution in [0.1, 0.15) is 30.6 Å². The van der Waals surface area contributed by atoms with E-state index in [4.69, 9.17) is 0 Å². The van der Waals surface area contributed by atoms with E-state index < -0.39 is 12.7 Å². The minimum Gasteiger partial charge on any atom is -0.362 e. The lowest BCUT2D eigenvalue weighted by Gasteiger charge is -2.27. The van der Waals surface area contributed by atoms with Gasteiger partial charge in [0.05, 0.1) is 0 Å². The first kappa shape index (κ1) is 16.0. The van der Waals surface area contributed by atoms with Crippen LogP contribution in [-0.2, 0) is 0 Å². The van der Waals surface area contributed by atoms with Gasteiger partial charge in [0.1, 0.15) is 6.54 Å². The minimum absolute atomic E-state index is 0.250. The Bertz CT molecular complexity index is 460. The summed E-state index contributed by atoms with van der Waals surface area (Å²) in [4.78, 5) is 12.8. The summed E-state index contributed by atoms with van der Waals surface area (Å²) in [5.41, 5.74) is 0.627. The number of hydrogen-bond acceptors (Lipinski definition) is 2. The van der Waals surface area contributed by atoms with Crippen LogP contribution in [0, 0.1) is 0 Å². The first-order valence-electron chi connectivity index (χ1n) is 5.86. The quantitative estimate of drug-likeness (QED) is 0.741. The van der Waals surface area contributed by atoms with Gasteiger partial charge in [0, 0.05) is 22.3 Å². The molecule has 0 aliphatic heterocycles. The summed E-state index contributed by atoms with van der Waals surface area (Å²) in [6.07, 6.45) is -3.72. The summed E-state index contributed by atoms with van der Waals surface area (Å²) in [7, 11) is 0. The second-order valence-corrected chi connectivity index (χ2v) is 5.17. The van der Waals surface area contributed by atoms with Crippen molar-refractivity contribution < 1.29 is 18.0 Å². The summed E-state index contributed by atoms with van der Waals surface area (Å²) in [6.45, 7) is 2.35. The Hall–Kier alpha value is -1.04. The van der Waals surface area contributed by atoms with E-state index in [0.717, 1.165) is 0 Å². The fourth-order valence-electron chi connectivity index (χ4n) is 1.84. The Balaban J connectivity index is 3.18. The van der Waals surface area contributed by atoms with Gasteiger partial charge in [-0.3, -0.25) is 4.79 Å². The molecule has 0 spiro atoms. The van der Waals surface area contributed by atoms with Gasteiger partial charge in [0.25, 0.3) is 0 Å². The Morgan fingerprint density at radius 1 is 1.37 bits per heavy atom. The molecule has 0 aliphatic carbocycles. The molecular formula is C13H15BrF3NO. The predicted octanol–water partition coefficient (Wildman–Crippen LogP) is 4.43. The second-order valence-electron chi connectivity index (χ2n) is 4.25. The first-order chi connectivity index (χ1) is 8.74. The van der Waals surface area contributed by atoms with Crippen molar-refractivity contribution in [2.75, 3.05) is 18.0 Å². The maximum absolute atomic E-state index is 12.6. The average molecular weight is 338 g/mol. The van der Waals surface area contributed by atoms with Gasteiger partial charge in [0.15, 0.2) is 5.78 Å². The zero-order valence-electron chi connectivity index (χ0n) is 10.7. The van der Waals surface area contributed by atoms with Crippen molar-refractivity contribution in [1.82, 2.24) is 0 Å². The number of benzene rings is 1. The molecule has 0 aliphatic rings. The number of ketones is 1. The normalized spacial score (nSPS) is 11.5. The largest absolute Gasteiger partial charge is 0.405 e. The molecule has 0 bridgehead atoms. The molecule has 0 atom stereocenters. The van der Waals surface area contributed by atoms with E-state index in [1.54, 1.807) is 25.1 Å². The molecular weight excluding hydrogens is 323 g/mol.